The predicted octanol–water partition coefficient (Wildman–Crippen LogP) is 3.30. The lowest BCUT2D eigenvalue weighted by atomic mass is 10.3. The van der Waals surface area contributed by atoms with Crippen LogP contribution < -0.4 is 5.32 Å². The highest BCUT2D eigenvalue weighted by molar-refractivity contribution is 7.80. The number of hydrogen-bond donors (Lipinski definition) is 1. The first kappa shape index (κ1) is 13.3. The summed E-state index contributed by atoms with van der Waals surface area (Å²) < 4.78 is 0. The fourth-order valence-electron chi connectivity index (χ4n) is 1.47. The number of anilines is 1. The van der Waals surface area contributed by atoms with Crippen LogP contribution in [0, 0.1) is 0 Å². The van der Waals surface area contributed by atoms with Gasteiger partial charge in [0.1, 0.15) is 0 Å². The second kappa shape index (κ2) is 5.22. The van der Waals surface area contributed by atoms with Crippen LogP contribution in [-0.2, 0) is 4.79 Å². The summed E-state index contributed by atoms with van der Waals surface area (Å²) in [6.45, 7) is 1.77. The van der Waals surface area contributed by atoms with Crippen LogP contribution in [0.1, 0.15) is 13.3 Å². The van der Waals surface area contributed by atoms with Crippen molar-refractivity contribution in [1.29, 1.82) is 0 Å². The Morgan fingerprint density at radius 3 is 2.78 bits per heavy atom. The van der Waals surface area contributed by atoms with Gasteiger partial charge in [0.05, 0.1) is 17.1 Å². The van der Waals surface area contributed by atoms with Crippen molar-refractivity contribution in [3.05, 3.63) is 28.2 Å². The molecule has 0 aromatic heterocycles. The van der Waals surface area contributed by atoms with E-state index >= 15 is 0 Å². The molecule has 1 aromatic rings. The van der Waals surface area contributed by atoms with E-state index < -0.39 is 0 Å². The molecular formula is C11H9Cl2N3OS. The molecule has 0 atom stereocenters. The second-order valence-corrected chi connectivity index (χ2v) is 5.00. The van der Waals surface area contributed by atoms with Crippen molar-refractivity contribution >= 4 is 57.8 Å². The molecule has 18 heavy (non-hydrogen) atoms. The van der Waals surface area contributed by atoms with Crippen molar-refractivity contribution in [2.24, 2.45) is 5.10 Å². The zero-order valence-electron chi connectivity index (χ0n) is 9.41. The van der Waals surface area contributed by atoms with Crippen LogP contribution in [0.5, 0.6) is 0 Å². The van der Waals surface area contributed by atoms with Gasteiger partial charge in [-0.2, -0.15) is 10.1 Å². The van der Waals surface area contributed by atoms with E-state index in [1.807, 2.05) is 0 Å². The number of hydrazone groups is 1. The van der Waals surface area contributed by atoms with Crippen molar-refractivity contribution in [3.63, 3.8) is 0 Å². The van der Waals surface area contributed by atoms with Gasteiger partial charge in [0.15, 0.2) is 0 Å². The van der Waals surface area contributed by atoms with Gasteiger partial charge in [0.25, 0.3) is 5.91 Å². The fraction of sp³-hybridized carbons (Fsp3) is 0.182. The molecule has 1 aliphatic heterocycles. The Morgan fingerprint density at radius 1 is 1.50 bits per heavy atom. The summed E-state index contributed by atoms with van der Waals surface area (Å²) in [7, 11) is 0. The molecule has 0 saturated carbocycles. The topological polar surface area (TPSA) is 44.7 Å². The van der Waals surface area contributed by atoms with E-state index in [0.29, 0.717) is 15.7 Å². The normalized spacial score (nSPS) is 14.7. The lowest BCUT2D eigenvalue weighted by molar-refractivity contribution is -0.124. The van der Waals surface area contributed by atoms with E-state index in [9.17, 15) is 4.79 Å². The van der Waals surface area contributed by atoms with Gasteiger partial charge in [0, 0.05) is 10.7 Å². The SMILES string of the molecule is CC1=NN(C(=S)Nc2ccc(Cl)cc2Cl)C(=O)C1. The third-order valence-electron chi connectivity index (χ3n) is 2.28. The van der Waals surface area contributed by atoms with Crippen LogP contribution >= 0.6 is 35.4 Å². The van der Waals surface area contributed by atoms with Gasteiger partial charge in [-0.05, 0) is 37.3 Å². The number of carbonyl (C=O) groups excluding carboxylic acids is 1. The van der Waals surface area contributed by atoms with Crippen LogP contribution in [0.2, 0.25) is 10.0 Å². The standard InChI is InChI=1S/C11H9Cl2N3OS/c1-6-4-10(17)16(15-6)11(18)14-9-3-2-7(12)5-8(9)13/h2-3,5H,4H2,1H3,(H,14,18). The Hall–Kier alpha value is -1.17. The second-order valence-electron chi connectivity index (χ2n) is 3.77. The summed E-state index contributed by atoms with van der Waals surface area (Å²) in [6, 6.07) is 4.96. The molecule has 4 nitrogen and oxygen atoms in total. The third kappa shape index (κ3) is 2.80. The molecule has 0 fully saturated rings. The van der Waals surface area contributed by atoms with Gasteiger partial charge in [-0.1, -0.05) is 23.2 Å². The molecule has 1 N–H and O–H groups in total. The van der Waals surface area contributed by atoms with Crippen LogP contribution in [0.15, 0.2) is 23.3 Å². The average molecular weight is 302 g/mol. The highest BCUT2D eigenvalue weighted by Gasteiger charge is 2.25. The van der Waals surface area contributed by atoms with Gasteiger partial charge in [-0.15, -0.1) is 0 Å². The van der Waals surface area contributed by atoms with Gasteiger partial charge in [0.2, 0.25) is 5.11 Å². The van der Waals surface area contributed by atoms with E-state index in [2.05, 4.69) is 10.4 Å². The van der Waals surface area contributed by atoms with Crippen molar-refractivity contribution in [2.45, 2.75) is 13.3 Å². The highest BCUT2D eigenvalue weighted by atomic mass is 35.5. The molecule has 2 rings (SSSR count). The zero-order valence-corrected chi connectivity index (χ0v) is 11.7. The maximum Gasteiger partial charge on any atom is 0.255 e. The van der Waals surface area contributed by atoms with Gasteiger partial charge < -0.3 is 5.32 Å². The quantitative estimate of drug-likeness (QED) is 0.810. The Labute approximate surface area is 120 Å². The predicted molar refractivity (Wildman–Crippen MR) is 77.3 cm³/mol. The number of carbonyl (C=O) groups is 1. The van der Waals surface area contributed by atoms with E-state index in [-0.39, 0.29) is 17.4 Å². The molecule has 1 aromatic carbocycles. The third-order valence-corrected chi connectivity index (χ3v) is 3.10. The molecule has 0 radical (unpaired) electrons. The lowest BCUT2D eigenvalue weighted by Crippen LogP contribution is -2.32. The van der Waals surface area contributed by atoms with Crippen molar-refractivity contribution in [2.75, 3.05) is 5.32 Å². The van der Waals surface area contributed by atoms with Crippen LogP contribution in [-0.4, -0.2) is 21.7 Å². The number of rotatable bonds is 1. The smallest absolute Gasteiger partial charge is 0.255 e. The van der Waals surface area contributed by atoms with E-state index in [4.69, 9.17) is 35.4 Å². The molecule has 1 heterocycles. The Bertz CT molecular complexity index is 559. The number of amides is 1. The summed E-state index contributed by atoms with van der Waals surface area (Å²) in [6.07, 6.45) is 0.288. The monoisotopic (exact) mass is 301 g/mol. The lowest BCUT2D eigenvalue weighted by Gasteiger charge is -2.15. The minimum absolute atomic E-state index is 0.157. The number of nitrogens with one attached hydrogen (secondary N) is 1. The van der Waals surface area contributed by atoms with Crippen LogP contribution in [0.25, 0.3) is 0 Å². The first-order valence-electron chi connectivity index (χ1n) is 5.10. The van der Waals surface area contributed by atoms with Gasteiger partial charge in [-0.25, -0.2) is 0 Å². The van der Waals surface area contributed by atoms with E-state index in [0.717, 1.165) is 10.7 Å². The summed E-state index contributed by atoms with van der Waals surface area (Å²) in [5, 5.41) is 9.23. The number of nitrogens with zero attached hydrogens (tertiary/aromatic N) is 2. The first-order chi connectivity index (χ1) is 8.47. The largest absolute Gasteiger partial charge is 0.330 e. The summed E-state index contributed by atoms with van der Waals surface area (Å²) >= 11 is 16.9. The van der Waals surface area contributed by atoms with Gasteiger partial charge >= 0.3 is 0 Å². The summed E-state index contributed by atoms with van der Waals surface area (Å²) in [4.78, 5) is 11.6. The summed E-state index contributed by atoms with van der Waals surface area (Å²) in [5.74, 6) is -0.157. The number of thiocarbonyl (C=S) groups is 1. The molecule has 0 unspecified atom stereocenters. The molecule has 1 amide bonds. The van der Waals surface area contributed by atoms with Crippen molar-refractivity contribution < 1.29 is 4.79 Å². The highest BCUT2D eigenvalue weighted by Crippen LogP contribution is 2.26. The molecule has 0 bridgehead atoms. The molecule has 0 spiro atoms. The zero-order chi connectivity index (χ0) is 13.3. The molecule has 94 valence electrons. The van der Waals surface area contributed by atoms with Gasteiger partial charge in [-0.3, -0.25) is 4.79 Å². The summed E-state index contributed by atoms with van der Waals surface area (Å²) in [5.41, 5.74) is 1.31. The number of benzene rings is 1. The van der Waals surface area contributed by atoms with Crippen molar-refractivity contribution in [1.82, 2.24) is 5.01 Å². The maximum absolute atomic E-state index is 11.6. The van der Waals surface area contributed by atoms with Crippen LogP contribution in [0.3, 0.4) is 0 Å². The maximum atomic E-state index is 11.6. The van der Waals surface area contributed by atoms with Crippen molar-refractivity contribution in [3.8, 4) is 0 Å². The molecule has 7 heteroatoms. The molecular weight excluding hydrogens is 293 g/mol. The molecule has 0 aliphatic carbocycles. The molecule has 0 saturated heterocycles. The van der Waals surface area contributed by atoms with E-state index in [1.54, 1.807) is 25.1 Å². The van der Waals surface area contributed by atoms with E-state index in [1.165, 1.54) is 0 Å². The first-order valence-corrected chi connectivity index (χ1v) is 6.27. The number of halogens is 2. The minimum atomic E-state index is -0.157. The average Bonchev–Trinajstić information content (AvgIpc) is 2.62. The Balaban J connectivity index is 2.14. The van der Waals surface area contributed by atoms with Crippen LogP contribution in [0.4, 0.5) is 5.69 Å². The molecule has 1 aliphatic rings. The Morgan fingerprint density at radius 2 is 2.22 bits per heavy atom. The fourth-order valence-corrected chi connectivity index (χ4v) is 2.18. The minimum Gasteiger partial charge on any atom is -0.330 e. The Kier molecular flexibility index (Phi) is 3.85. The number of hydrogen-bond acceptors (Lipinski definition) is 3.